The largest absolute Gasteiger partial charge is 0.482 e. The van der Waals surface area contributed by atoms with Crippen LogP contribution in [0.2, 0.25) is 0 Å². The SMILES string of the molecule is CC(C)c1ccc(O[C@H](C)C(=O)Nc2ccc3c(c2)NC(=O)CO3)cc1. The van der Waals surface area contributed by atoms with E-state index in [4.69, 9.17) is 9.47 Å². The Morgan fingerprint density at radius 3 is 2.58 bits per heavy atom. The van der Waals surface area contributed by atoms with Gasteiger partial charge in [-0.3, -0.25) is 9.59 Å². The molecule has 0 aliphatic carbocycles. The predicted octanol–water partition coefficient (Wildman–Crippen LogP) is 3.55. The van der Waals surface area contributed by atoms with Crippen LogP contribution in [0.15, 0.2) is 42.5 Å². The van der Waals surface area contributed by atoms with Crippen molar-refractivity contribution in [2.24, 2.45) is 0 Å². The summed E-state index contributed by atoms with van der Waals surface area (Å²) in [4.78, 5) is 23.8. The zero-order valence-electron chi connectivity index (χ0n) is 15.0. The highest BCUT2D eigenvalue weighted by molar-refractivity contribution is 5.98. The first-order valence-electron chi connectivity index (χ1n) is 8.56. The number of nitrogens with one attached hydrogen (secondary N) is 2. The lowest BCUT2D eigenvalue weighted by Crippen LogP contribution is -2.30. The van der Waals surface area contributed by atoms with Gasteiger partial charge in [0.15, 0.2) is 12.7 Å². The maximum absolute atomic E-state index is 12.4. The molecule has 2 amide bonds. The van der Waals surface area contributed by atoms with Gasteiger partial charge in [-0.1, -0.05) is 26.0 Å². The Balaban J connectivity index is 1.62. The van der Waals surface area contributed by atoms with Gasteiger partial charge >= 0.3 is 0 Å². The zero-order chi connectivity index (χ0) is 18.7. The summed E-state index contributed by atoms with van der Waals surface area (Å²) < 4.78 is 11.0. The molecule has 2 N–H and O–H groups in total. The lowest BCUT2D eigenvalue weighted by atomic mass is 10.0. The summed E-state index contributed by atoms with van der Waals surface area (Å²) in [6, 6.07) is 12.8. The van der Waals surface area contributed by atoms with Crippen molar-refractivity contribution < 1.29 is 19.1 Å². The molecule has 3 rings (SSSR count). The molecule has 0 aromatic heterocycles. The monoisotopic (exact) mass is 354 g/mol. The minimum atomic E-state index is -0.665. The maximum atomic E-state index is 12.4. The van der Waals surface area contributed by atoms with Gasteiger partial charge < -0.3 is 20.1 Å². The van der Waals surface area contributed by atoms with Crippen LogP contribution in [-0.4, -0.2) is 24.5 Å². The predicted molar refractivity (Wildman–Crippen MR) is 99.8 cm³/mol. The molecule has 2 aromatic rings. The third kappa shape index (κ3) is 4.14. The van der Waals surface area contributed by atoms with E-state index in [1.165, 1.54) is 5.56 Å². The molecule has 1 aliphatic heterocycles. The number of carbonyl (C=O) groups is 2. The molecule has 0 radical (unpaired) electrons. The van der Waals surface area contributed by atoms with Gasteiger partial charge in [-0.25, -0.2) is 0 Å². The molecule has 0 bridgehead atoms. The molecule has 0 saturated carbocycles. The molecule has 6 nitrogen and oxygen atoms in total. The van der Waals surface area contributed by atoms with Crippen molar-refractivity contribution in [2.75, 3.05) is 17.2 Å². The van der Waals surface area contributed by atoms with Crippen LogP contribution in [0.5, 0.6) is 11.5 Å². The van der Waals surface area contributed by atoms with Crippen molar-refractivity contribution in [1.29, 1.82) is 0 Å². The number of benzene rings is 2. The number of carbonyl (C=O) groups excluding carboxylic acids is 2. The van der Waals surface area contributed by atoms with Crippen LogP contribution in [0, 0.1) is 0 Å². The van der Waals surface area contributed by atoms with E-state index in [0.29, 0.717) is 28.8 Å². The first-order valence-corrected chi connectivity index (χ1v) is 8.56. The van der Waals surface area contributed by atoms with Crippen molar-refractivity contribution in [1.82, 2.24) is 0 Å². The van der Waals surface area contributed by atoms with E-state index in [9.17, 15) is 9.59 Å². The molecule has 2 aromatic carbocycles. The van der Waals surface area contributed by atoms with E-state index >= 15 is 0 Å². The second-order valence-corrected chi connectivity index (χ2v) is 6.52. The molecular formula is C20H22N2O4. The van der Waals surface area contributed by atoms with Gasteiger partial charge in [0.05, 0.1) is 5.69 Å². The van der Waals surface area contributed by atoms with Crippen LogP contribution in [0.3, 0.4) is 0 Å². The Bertz CT molecular complexity index is 815. The minimum absolute atomic E-state index is 0.000815. The summed E-state index contributed by atoms with van der Waals surface area (Å²) in [5, 5.41) is 5.50. The van der Waals surface area contributed by atoms with Gasteiger partial charge in [0.25, 0.3) is 11.8 Å². The number of ether oxygens (including phenoxy) is 2. The van der Waals surface area contributed by atoms with Gasteiger partial charge in [-0.15, -0.1) is 0 Å². The lowest BCUT2D eigenvalue weighted by molar-refractivity contribution is -0.122. The summed E-state index contributed by atoms with van der Waals surface area (Å²) in [7, 11) is 0. The van der Waals surface area contributed by atoms with Crippen LogP contribution in [0.25, 0.3) is 0 Å². The van der Waals surface area contributed by atoms with Gasteiger partial charge in [-0.2, -0.15) is 0 Å². The molecule has 0 fully saturated rings. The quantitative estimate of drug-likeness (QED) is 0.861. The minimum Gasteiger partial charge on any atom is -0.482 e. The number of amides is 2. The van der Waals surface area contributed by atoms with Crippen molar-refractivity contribution in [3.8, 4) is 11.5 Å². The van der Waals surface area contributed by atoms with Crippen molar-refractivity contribution in [3.63, 3.8) is 0 Å². The van der Waals surface area contributed by atoms with E-state index in [2.05, 4.69) is 24.5 Å². The van der Waals surface area contributed by atoms with Crippen molar-refractivity contribution in [2.45, 2.75) is 32.8 Å². The van der Waals surface area contributed by atoms with Crippen LogP contribution in [0.1, 0.15) is 32.3 Å². The number of rotatable bonds is 5. The third-order valence-electron chi connectivity index (χ3n) is 4.11. The van der Waals surface area contributed by atoms with Crippen molar-refractivity contribution >= 4 is 23.2 Å². The number of anilines is 2. The highest BCUT2D eigenvalue weighted by Crippen LogP contribution is 2.30. The maximum Gasteiger partial charge on any atom is 0.265 e. The number of hydrogen-bond acceptors (Lipinski definition) is 4. The van der Waals surface area contributed by atoms with Gasteiger partial charge in [0, 0.05) is 5.69 Å². The highest BCUT2D eigenvalue weighted by Gasteiger charge is 2.19. The Morgan fingerprint density at radius 1 is 1.15 bits per heavy atom. The molecular weight excluding hydrogens is 332 g/mol. The summed E-state index contributed by atoms with van der Waals surface area (Å²) in [5.41, 5.74) is 2.31. The summed E-state index contributed by atoms with van der Waals surface area (Å²) in [6.07, 6.45) is -0.665. The average Bonchev–Trinajstić information content (AvgIpc) is 2.61. The van der Waals surface area contributed by atoms with E-state index in [0.717, 1.165) is 0 Å². The molecule has 136 valence electrons. The fourth-order valence-electron chi connectivity index (χ4n) is 2.59. The summed E-state index contributed by atoms with van der Waals surface area (Å²) in [5.74, 6) is 1.17. The van der Waals surface area contributed by atoms with E-state index in [-0.39, 0.29) is 18.4 Å². The van der Waals surface area contributed by atoms with E-state index < -0.39 is 6.10 Å². The van der Waals surface area contributed by atoms with Crippen molar-refractivity contribution in [3.05, 3.63) is 48.0 Å². The van der Waals surface area contributed by atoms with Crippen LogP contribution in [-0.2, 0) is 9.59 Å². The molecule has 1 heterocycles. The summed E-state index contributed by atoms with van der Waals surface area (Å²) >= 11 is 0. The van der Waals surface area contributed by atoms with E-state index in [1.54, 1.807) is 25.1 Å². The van der Waals surface area contributed by atoms with Crippen LogP contribution >= 0.6 is 0 Å². The second kappa shape index (κ2) is 7.47. The normalized spacial score (nSPS) is 14.1. The molecule has 26 heavy (non-hydrogen) atoms. The standard InChI is InChI=1S/C20H22N2O4/c1-12(2)14-4-7-16(8-5-14)26-13(3)20(24)21-15-6-9-18-17(10-15)22-19(23)11-25-18/h4-10,12-13H,11H2,1-3H3,(H,21,24)(H,22,23)/t13-/m1/s1. The fourth-order valence-corrected chi connectivity index (χ4v) is 2.59. The topological polar surface area (TPSA) is 76.7 Å². The first-order chi connectivity index (χ1) is 12.4. The fraction of sp³-hybridized carbons (Fsp3) is 0.300. The van der Waals surface area contributed by atoms with Gasteiger partial charge in [0.1, 0.15) is 11.5 Å². The smallest absolute Gasteiger partial charge is 0.265 e. The molecule has 0 unspecified atom stereocenters. The Morgan fingerprint density at radius 2 is 1.88 bits per heavy atom. The first kappa shape index (κ1) is 17.8. The van der Waals surface area contributed by atoms with Crippen LogP contribution in [0.4, 0.5) is 11.4 Å². The average molecular weight is 354 g/mol. The summed E-state index contributed by atoms with van der Waals surface area (Å²) in [6.45, 7) is 5.93. The molecule has 1 aliphatic rings. The molecule has 0 saturated heterocycles. The Labute approximate surface area is 152 Å². The lowest BCUT2D eigenvalue weighted by Gasteiger charge is -2.19. The van der Waals surface area contributed by atoms with Crippen LogP contribution < -0.4 is 20.1 Å². The van der Waals surface area contributed by atoms with E-state index in [1.807, 2.05) is 24.3 Å². The Kier molecular flexibility index (Phi) is 5.11. The number of fused-ring (bicyclic) bond motifs is 1. The molecule has 1 atom stereocenters. The van der Waals surface area contributed by atoms with Gasteiger partial charge in [0.2, 0.25) is 0 Å². The molecule has 0 spiro atoms. The Hall–Kier alpha value is -3.02. The van der Waals surface area contributed by atoms with Gasteiger partial charge in [-0.05, 0) is 48.7 Å². The zero-order valence-corrected chi connectivity index (χ0v) is 15.0. The third-order valence-corrected chi connectivity index (χ3v) is 4.11. The number of hydrogen-bond donors (Lipinski definition) is 2. The second-order valence-electron chi connectivity index (χ2n) is 6.52. The highest BCUT2D eigenvalue weighted by atomic mass is 16.5. The molecule has 6 heteroatoms.